The molecule has 5 heteroatoms. The van der Waals surface area contributed by atoms with Crippen molar-refractivity contribution in [2.24, 2.45) is 5.73 Å². The highest BCUT2D eigenvalue weighted by Gasteiger charge is 2.08. The van der Waals surface area contributed by atoms with Gasteiger partial charge in [0.1, 0.15) is 0 Å². The highest BCUT2D eigenvalue weighted by atomic mass is 79.9. The zero-order valence-corrected chi connectivity index (χ0v) is 12.3. The lowest BCUT2D eigenvalue weighted by atomic mass is 10.1. The van der Waals surface area contributed by atoms with Crippen molar-refractivity contribution < 1.29 is 4.79 Å². The zero-order valence-electron chi connectivity index (χ0n) is 9.99. The highest BCUT2D eigenvalue weighted by Crippen LogP contribution is 2.26. The molecule has 0 unspecified atom stereocenters. The van der Waals surface area contributed by atoms with E-state index in [1.54, 1.807) is 30.3 Å². The summed E-state index contributed by atoms with van der Waals surface area (Å²) in [7, 11) is 0. The average molecular weight is 340 g/mol. The third-order valence-corrected chi connectivity index (χ3v) is 3.52. The van der Waals surface area contributed by atoms with Crippen molar-refractivity contribution >= 4 is 39.1 Å². The summed E-state index contributed by atoms with van der Waals surface area (Å²) >= 11 is 9.20. The van der Waals surface area contributed by atoms with Crippen molar-refractivity contribution in [2.45, 2.75) is 6.54 Å². The van der Waals surface area contributed by atoms with Gasteiger partial charge < -0.3 is 11.1 Å². The second-order valence-electron chi connectivity index (χ2n) is 3.98. The second kappa shape index (κ2) is 6.19. The van der Waals surface area contributed by atoms with Crippen molar-refractivity contribution in [1.29, 1.82) is 0 Å². The standard InChI is InChI=1S/C14H12BrClN2O/c15-12-7-11(16)5-6-13(12)18-14(19)10-3-1-9(8-17)2-4-10/h1-7H,8,17H2,(H,18,19). The van der Waals surface area contributed by atoms with Gasteiger partial charge in [0, 0.05) is 21.6 Å². The van der Waals surface area contributed by atoms with Gasteiger partial charge in [0.05, 0.1) is 5.69 Å². The van der Waals surface area contributed by atoms with Crippen LogP contribution in [0.4, 0.5) is 5.69 Å². The first kappa shape index (κ1) is 14.1. The molecule has 0 saturated carbocycles. The molecule has 0 fully saturated rings. The molecule has 0 aliphatic rings. The molecule has 0 atom stereocenters. The minimum Gasteiger partial charge on any atom is -0.326 e. The third-order valence-electron chi connectivity index (χ3n) is 2.63. The minimum atomic E-state index is -0.174. The number of carbonyl (C=O) groups excluding carboxylic acids is 1. The van der Waals surface area contributed by atoms with E-state index >= 15 is 0 Å². The second-order valence-corrected chi connectivity index (χ2v) is 5.27. The Morgan fingerprint density at radius 3 is 2.47 bits per heavy atom. The number of halogens is 2. The average Bonchev–Trinajstić information content (AvgIpc) is 2.42. The normalized spacial score (nSPS) is 10.3. The topological polar surface area (TPSA) is 55.1 Å². The minimum absolute atomic E-state index is 0.174. The van der Waals surface area contributed by atoms with Crippen LogP contribution in [0.1, 0.15) is 15.9 Å². The smallest absolute Gasteiger partial charge is 0.255 e. The molecule has 0 bridgehead atoms. The number of rotatable bonds is 3. The lowest BCUT2D eigenvalue weighted by molar-refractivity contribution is 0.102. The van der Waals surface area contributed by atoms with Crippen LogP contribution in [-0.4, -0.2) is 5.91 Å². The van der Waals surface area contributed by atoms with Gasteiger partial charge in [0.25, 0.3) is 5.91 Å². The van der Waals surface area contributed by atoms with Crippen LogP contribution < -0.4 is 11.1 Å². The largest absolute Gasteiger partial charge is 0.326 e. The van der Waals surface area contributed by atoms with Crippen LogP contribution in [0.25, 0.3) is 0 Å². The van der Waals surface area contributed by atoms with E-state index in [1.807, 2.05) is 12.1 Å². The molecule has 0 saturated heterocycles. The first-order valence-electron chi connectivity index (χ1n) is 5.65. The predicted molar refractivity (Wildman–Crippen MR) is 81.4 cm³/mol. The van der Waals surface area contributed by atoms with E-state index in [4.69, 9.17) is 17.3 Å². The van der Waals surface area contributed by atoms with Gasteiger partial charge in [-0.3, -0.25) is 4.79 Å². The summed E-state index contributed by atoms with van der Waals surface area (Å²) in [6.07, 6.45) is 0. The Kier molecular flexibility index (Phi) is 4.58. The van der Waals surface area contributed by atoms with E-state index in [-0.39, 0.29) is 5.91 Å². The van der Waals surface area contributed by atoms with Crippen LogP contribution in [-0.2, 0) is 6.54 Å². The van der Waals surface area contributed by atoms with E-state index in [9.17, 15) is 4.79 Å². The van der Waals surface area contributed by atoms with Crippen molar-refractivity contribution in [1.82, 2.24) is 0 Å². The van der Waals surface area contributed by atoms with E-state index < -0.39 is 0 Å². The quantitative estimate of drug-likeness (QED) is 0.893. The molecule has 2 aromatic carbocycles. The van der Waals surface area contributed by atoms with Crippen LogP contribution in [0.3, 0.4) is 0 Å². The first-order valence-corrected chi connectivity index (χ1v) is 6.82. The lowest BCUT2D eigenvalue weighted by Crippen LogP contribution is -2.12. The van der Waals surface area contributed by atoms with Crippen molar-refractivity contribution in [3.8, 4) is 0 Å². The number of anilines is 1. The predicted octanol–water partition coefficient (Wildman–Crippen LogP) is 3.81. The number of hydrogen-bond donors (Lipinski definition) is 2. The molecular formula is C14H12BrClN2O. The Bertz CT molecular complexity index is 599. The maximum atomic E-state index is 12.1. The Balaban J connectivity index is 2.15. The number of nitrogens with two attached hydrogens (primary N) is 1. The van der Waals surface area contributed by atoms with Crippen LogP contribution in [0.5, 0.6) is 0 Å². The number of carbonyl (C=O) groups is 1. The Morgan fingerprint density at radius 1 is 1.21 bits per heavy atom. The summed E-state index contributed by atoms with van der Waals surface area (Å²) in [5.41, 5.74) is 7.76. The zero-order chi connectivity index (χ0) is 13.8. The molecule has 2 aromatic rings. The maximum Gasteiger partial charge on any atom is 0.255 e. The Morgan fingerprint density at radius 2 is 1.89 bits per heavy atom. The fourth-order valence-electron chi connectivity index (χ4n) is 1.58. The van der Waals surface area contributed by atoms with Gasteiger partial charge in [0.2, 0.25) is 0 Å². The summed E-state index contributed by atoms with van der Waals surface area (Å²) in [5, 5.41) is 3.42. The van der Waals surface area contributed by atoms with Crippen molar-refractivity contribution in [3.63, 3.8) is 0 Å². The van der Waals surface area contributed by atoms with Crippen molar-refractivity contribution in [3.05, 3.63) is 63.1 Å². The summed E-state index contributed by atoms with van der Waals surface area (Å²) in [6.45, 7) is 0.463. The number of hydrogen-bond acceptors (Lipinski definition) is 2. The van der Waals surface area contributed by atoms with E-state index in [2.05, 4.69) is 21.2 Å². The molecule has 0 radical (unpaired) electrons. The summed E-state index contributed by atoms with van der Waals surface area (Å²) in [4.78, 5) is 12.1. The van der Waals surface area contributed by atoms with Crippen LogP contribution in [0.15, 0.2) is 46.9 Å². The fourth-order valence-corrected chi connectivity index (χ4v) is 2.36. The molecule has 98 valence electrons. The van der Waals surface area contributed by atoms with Gasteiger partial charge in [-0.1, -0.05) is 23.7 Å². The van der Waals surface area contributed by atoms with Gasteiger partial charge in [-0.2, -0.15) is 0 Å². The van der Waals surface area contributed by atoms with Crippen LogP contribution in [0.2, 0.25) is 5.02 Å². The number of nitrogens with one attached hydrogen (secondary N) is 1. The first-order chi connectivity index (χ1) is 9.10. The molecular weight excluding hydrogens is 328 g/mol. The lowest BCUT2D eigenvalue weighted by Gasteiger charge is -2.08. The monoisotopic (exact) mass is 338 g/mol. The van der Waals surface area contributed by atoms with Gasteiger partial charge in [-0.25, -0.2) is 0 Å². The number of benzene rings is 2. The summed E-state index contributed by atoms with van der Waals surface area (Å²) in [5.74, 6) is -0.174. The molecule has 0 aliphatic carbocycles. The summed E-state index contributed by atoms with van der Waals surface area (Å²) in [6, 6.07) is 12.4. The molecule has 2 rings (SSSR count). The van der Waals surface area contributed by atoms with Gasteiger partial charge >= 0.3 is 0 Å². The molecule has 0 aromatic heterocycles. The maximum absolute atomic E-state index is 12.1. The van der Waals surface area contributed by atoms with Gasteiger partial charge in [0.15, 0.2) is 0 Å². The third kappa shape index (κ3) is 3.56. The van der Waals surface area contributed by atoms with E-state index in [0.717, 1.165) is 10.0 Å². The van der Waals surface area contributed by atoms with Crippen LogP contribution in [0, 0.1) is 0 Å². The Hall–Kier alpha value is -1.36. The molecule has 3 nitrogen and oxygen atoms in total. The molecule has 1 amide bonds. The van der Waals surface area contributed by atoms with E-state index in [1.165, 1.54) is 0 Å². The van der Waals surface area contributed by atoms with Crippen molar-refractivity contribution in [2.75, 3.05) is 5.32 Å². The molecule has 0 heterocycles. The Labute approximate surface area is 124 Å². The van der Waals surface area contributed by atoms with E-state index in [0.29, 0.717) is 22.8 Å². The molecule has 0 spiro atoms. The SMILES string of the molecule is NCc1ccc(C(=O)Nc2ccc(Cl)cc2Br)cc1. The fraction of sp³-hybridized carbons (Fsp3) is 0.0714. The molecule has 3 N–H and O–H groups in total. The van der Waals surface area contributed by atoms with Gasteiger partial charge in [-0.15, -0.1) is 0 Å². The van der Waals surface area contributed by atoms with Crippen LogP contribution >= 0.6 is 27.5 Å². The summed E-state index contributed by atoms with van der Waals surface area (Å²) < 4.78 is 0.743. The van der Waals surface area contributed by atoms with Gasteiger partial charge in [-0.05, 0) is 51.8 Å². The highest BCUT2D eigenvalue weighted by molar-refractivity contribution is 9.10. The molecule has 19 heavy (non-hydrogen) atoms. The number of amides is 1. The molecule has 0 aliphatic heterocycles.